The van der Waals surface area contributed by atoms with Crippen molar-refractivity contribution >= 4 is 41.6 Å². The second kappa shape index (κ2) is 6.05. The summed E-state index contributed by atoms with van der Waals surface area (Å²) < 4.78 is 32.7. The van der Waals surface area contributed by atoms with E-state index < -0.39 is 15.0 Å². The van der Waals surface area contributed by atoms with Gasteiger partial charge in [0.15, 0.2) is 10.4 Å². The van der Waals surface area contributed by atoms with Crippen LogP contribution in [0.3, 0.4) is 0 Å². The first kappa shape index (κ1) is 15.8. The van der Waals surface area contributed by atoms with E-state index in [4.69, 9.17) is 19.8 Å². The van der Waals surface area contributed by atoms with E-state index in [9.17, 15) is 13.2 Å². The third-order valence-corrected chi connectivity index (χ3v) is 5.37. The topological polar surface area (TPSA) is 85.6 Å². The molecule has 112 valence electrons. The van der Waals surface area contributed by atoms with Crippen molar-refractivity contribution < 1.29 is 22.4 Å². The van der Waals surface area contributed by atoms with Crippen LogP contribution < -0.4 is 5.32 Å². The van der Waals surface area contributed by atoms with Crippen LogP contribution in [0.15, 0.2) is 20.0 Å². The van der Waals surface area contributed by atoms with Crippen LogP contribution in [-0.2, 0) is 13.8 Å². The van der Waals surface area contributed by atoms with Gasteiger partial charge in [0.25, 0.3) is 15.0 Å². The number of rotatable bonds is 4. The number of hydrogen-bond acceptors (Lipinski definition) is 5. The fraction of sp³-hybridized carbons (Fsp3) is 0.545. The van der Waals surface area contributed by atoms with E-state index in [1.54, 1.807) is 7.11 Å². The third-order valence-electron chi connectivity index (χ3n) is 3.20. The SMILES string of the molecule is COC1CCC(NC(=O)c2cc(S(=O)(=O)Cl)c(Br)o2)C1. The van der Waals surface area contributed by atoms with E-state index in [1.165, 1.54) is 0 Å². The number of carbonyl (C=O) groups excluding carboxylic acids is 1. The Morgan fingerprint density at radius 2 is 2.25 bits per heavy atom. The van der Waals surface area contributed by atoms with E-state index in [1.807, 2.05) is 0 Å². The van der Waals surface area contributed by atoms with Crippen LogP contribution in [0.2, 0.25) is 0 Å². The zero-order chi connectivity index (χ0) is 14.9. The Balaban J connectivity index is 2.07. The highest BCUT2D eigenvalue weighted by Crippen LogP contribution is 2.29. The minimum atomic E-state index is -3.95. The molecule has 0 spiro atoms. The fourth-order valence-corrected chi connectivity index (χ4v) is 4.20. The van der Waals surface area contributed by atoms with Crippen LogP contribution in [-0.4, -0.2) is 33.6 Å². The molecule has 1 aromatic heterocycles. The largest absolute Gasteiger partial charge is 0.443 e. The van der Waals surface area contributed by atoms with E-state index in [0.29, 0.717) is 0 Å². The lowest BCUT2D eigenvalue weighted by Gasteiger charge is -2.11. The number of nitrogens with one attached hydrogen (secondary N) is 1. The van der Waals surface area contributed by atoms with Crippen LogP contribution >= 0.6 is 26.6 Å². The number of ether oxygens (including phenoxy) is 1. The molecule has 1 aliphatic rings. The number of halogens is 2. The number of furan rings is 1. The van der Waals surface area contributed by atoms with Gasteiger partial charge < -0.3 is 14.5 Å². The van der Waals surface area contributed by atoms with E-state index in [0.717, 1.165) is 25.3 Å². The second-order valence-electron chi connectivity index (χ2n) is 4.53. The maximum Gasteiger partial charge on any atom is 0.287 e. The smallest absolute Gasteiger partial charge is 0.287 e. The van der Waals surface area contributed by atoms with Crippen LogP contribution in [0.1, 0.15) is 29.8 Å². The van der Waals surface area contributed by atoms with Crippen molar-refractivity contribution in [1.29, 1.82) is 0 Å². The summed E-state index contributed by atoms with van der Waals surface area (Å²) in [4.78, 5) is 11.7. The zero-order valence-corrected chi connectivity index (χ0v) is 13.7. The lowest BCUT2D eigenvalue weighted by molar-refractivity contribution is 0.0888. The summed E-state index contributed by atoms with van der Waals surface area (Å²) in [7, 11) is 2.90. The molecule has 0 radical (unpaired) electrons. The van der Waals surface area contributed by atoms with Gasteiger partial charge in [-0.3, -0.25) is 4.79 Å². The number of amides is 1. The Labute approximate surface area is 129 Å². The van der Waals surface area contributed by atoms with Crippen molar-refractivity contribution in [2.45, 2.75) is 36.3 Å². The standard InChI is InChI=1S/C11H13BrClNO5S/c1-18-7-3-2-6(4-7)14-11(15)8-5-9(10(12)19-8)20(13,16)17/h5-7H,2-4H2,1H3,(H,14,15). The van der Waals surface area contributed by atoms with Gasteiger partial charge in [0, 0.05) is 29.9 Å². The summed E-state index contributed by atoms with van der Waals surface area (Å²) in [6.45, 7) is 0. The van der Waals surface area contributed by atoms with Gasteiger partial charge in [0.1, 0.15) is 4.90 Å². The third kappa shape index (κ3) is 3.55. The van der Waals surface area contributed by atoms with Crippen LogP contribution in [0, 0.1) is 0 Å². The van der Waals surface area contributed by atoms with Crippen molar-refractivity contribution in [2.24, 2.45) is 0 Å². The highest BCUT2D eigenvalue weighted by atomic mass is 79.9. The number of hydrogen-bond donors (Lipinski definition) is 1. The van der Waals surface area contributed by atoms with Crippen molar-refractivity contribution in [3.05, 3.63) is 16.5 Å². The predicted molar refractivity (Wildman–Crippen MR) is 75.3 cm³/mol. The molecule has 20 heavy (non-hydrogen) atoms. The van der Waals surface area contributed by atoms with E-state index in [-0.39, 0.29) is 27.5 Å². The summed E-state index contributed by atoms with van der Waals surface area (Å²) in [5.41, 5.74) is 0. The monoisotopic (exact) mass is 385 g/mol. The molecule has 1 fully saturated rings. The summed E-state index contributed by atoms with van der Waals surface area (Å²) in [5.74, 6) is -0.573. The van der Waals surface area contributed by atoms with Gasteiger partial charge in [-0.2, -0.15) is 0 Å². The van der Waals surface area contributed by atoms with Crippen molar-refractivity contribution in [1.82, 2.24) is 5.32 Å². The molecule has 2 unspecified atom stereocenters. The molecule has 1 amide bonds. The Morgan fingerprint density at radius 3 is 2.75 bits per heavy atom. The maximum absolute atomic E-state index is 12.0. The van der Waals surface area contributed by atoms with Crippen LogP contribution in [0.25, 0.3) is 0 Å². The fourth-order valence-electron chi connectivity index (χ4n) is 2.17. The first-order valence-electron chi connectivity index (χ1n) is 5.89. The first-order chi connectivity index (χ1) is 9.31. The van der Waals surface area contributed by atoms with E-state index in [2.05, 4.69) is 21.2 Å². The molecule has 1 saturated carbocycles. The Kier molecular flexibility index (Phi) is 4.78. The van der Waals surface area contributed by atoms with Crippen molar-refractivity contribution in [3.8, 4) is 0 Å². The molecule has 0 aliphatic heterocycles. The highest BCUT2D eigenvalue weighted by molar-refractivity contribution is 9.10. The minimum absolute atomic E-state index is 0.00705. The molecule has 2 atom stereocenters. The van der Waals surface area contributed by atoms with Gasteiger partial charge in [-0.15, -0.1) is 0 Å². The van der Waals surface area contributed by atoms with Crippen molar-refractivity contribution in [3.63, 3.8) is 0 Å². The average molecular weight is 387 g/mol. The van der Waals surface area contributed by atoms with Crippen LogP contribution in [0.5, 0.6) is 0 Å². The molecule has 1 aromatic rings. The molecule has 6 nitrogen and oxygen atoms in total. The number of carbonyl (C=O) groups is 1. The quantitative estimate of drug-likeness (QED) is 0.802. The van der Waals surface area contributed by atoms with Gasteiger partial charge >= 0.3 is 0 Å². The van der Waals surface area contributed by atoms with Gasteiger partial charge in [0.2, 0.25) is 0 Å². The Bertz CT molecular complexity index is 614. The average Bonchev–Trinajstić information content (AvgIpc) is 2.94. The molecule has 2 rings (SSSR count). The molecule has 9 heteroatoms. The van der Waals surface area contributed by atoms with Gasteiger partial charge in [-0.05, 0) is 35.2 Å². The summed E-state index contributed by atoms with van der Waals surface area (Å²) in [5, 5.41) is 2.78. The molecule has 1 aliphatic carbocycles. The molecule has 0 bridgehead atoms. The summed E-state index contributed by atoms with van der Waals surface area (Å²) in [6.07, 6.45) is 2.56. The lowest BCUT2D eigenvalue weighted by Crippen LogP contribution is -2.33. The highest BCUT2D eigenvalue weighted by Gasteiger charge is 2.28. The second-order valence-corrected chi connectivity index (χ2v) is 7.78. The maximum atomic E-state index is 12.0. The zero-order valence-electron chi connectivity index (χ0n) is 10.6. The molecular formula is C11H13BrClNO5S. The van der Waals surface area contributed by atoms with Crippen LogP contribution in [0.4, 0.5) is 0 Å². The predicted octanol–water partition coefficient (Wildman–Crippen LogP) is 2.27. The molecule has 1 N–H and O–H groups in total. The van der Waals surface area contributed by atoms with Gasteiger partial charge in [-0.1, -0.05) is 0 Å². The summed E-state index contributed by atoms with van der Waals surface area (Å²) in [6, 6.07) is 1.09. The Hall–Kier alpha value is -0.570. The van der Waals surface area contributed by atoms with Crippen molar-refractivity contribution in [2.75, 3.05) is 7.11 Å². The molecule has 0 aromatic carbocycles. The molecule has 1 heterocycles. The van der Waals surface area contributed by atoms with Gasteiger partial charge in [-0.25, -0.2) is 8.42 Å². The minimum Gasteiger partial charge on any atom is -0.443 e. The van der Waals surface area contributed by atoms with Gasteiger partial charge in [0.05, 0.1) is 6.10 Å². The first-order valence-corrected chi connectivity index (χ1v) is 8.99. The molecular weight excluding hydrogens is 374 g/mol. The Morgan fingerprint density at radius 1 is 1.55 bits per heavy atom. The number of methoxy groups -OCH3 is 1. The normalized spacial score (nSPS) is 22.9. The lowest BCUT2D eigenvalue weighted by atomic mass is 10.2. The van der Waals surface area contributed by atoms with E-state index >= 15 is 0 Å². The summed E-state index contributed by atoms with van der Waals surface area (Å²) >= 11 is 2.92. The molecule has 0 saturated heterocycles.